The van der Waals surface area contributed by atoms with Crippen LogP contribution in [0.5, 0.6) is 0 Å². The van der Waals surface area contributed by atoms with Gasteiger partial charge in [-0.1, -0.05) is 34.6 Å². The number of rotatable bonds is 11. The van der Waals surface area contributed by atoms with Gasteiger partial charge >= 0.3 is 0 Å². The van der Waals surface area contributed by atoms with Crippen molar-refractivity contribution in [3.05, 3.63) is 0 Å². The predicted octanol–water partition coefficient (Wildman–Crippen LogP) is 2.49. The lowest BCUT2D eigenvalue weighted by molar-refractivity contribution is 0.395. The van der Waals surface area contributed by atoms with E-state index in [1.165, 1.54) is 5.75 Å². The summed E-state index contributed by atoms with van der Waals surface area (Å²) in [4.78, 5) is 0. The lowest BCUT2D eigenvalue weighted by Crippen LogP contribution is -2.46. The van der Waals surface area contributed by atoms with Crippen molar-refractivity contribution in [3.8, 4) is 0 Å². The summed E-state index contributed by atoms with van der Waals surface area (Å²) < 4.78 is 0. The zero-order valence-corrected chi connectivity index (χ0v) is 13.9. The summed E-state index contributed by atoms with van der Waals surface area (Å²) in [6.07, 6.45) is 0.373. The van der Waals surface area contributed by atoms with Gasteiger partial charge in [-0.2, -0.15) is 11.8 Å². The van der Waals surface area contributed by atoms with Crippen LogP contribution in [0, 0.1) is 11.8 Å². The molecule has 0 aliphatic heterocycles. The van der Waals surface area contributed by atoms with Crippen molar-refractivity contribution < 1.29 is 0 Å². The summed E-state index contributed by atoms with van der Waals surface area (Å²) in [5.41, 5.74) is 0. The molecule has 0 aliphatic carbocycles. The fourth-order valence-corrected chi connectivity index (χ4v) is 2.55. The van der Waals surface area contributed by atoms with E-state index in [-0.39, 0.29) is 0 Å². The fraction of sp³-hybridized carbons (Fsp3) is 1.00. The lowest BCUT2D eigenvalue weighted by atomic mass is 10.1. The highest BCUT2D eigenvalue weighted by atomic mass is 32.2. The van der Waals surface area contributed by atoms with Gasteiger partial charge in [-0.15, -0.1) is 0 Å². The molecule has 0 aromatic rings. The number of nitrogens with one attached hydrogen (secondary N) is 3. The van der Waals surface area contributed by atoms with Crippen LogP contribution in [0.15, 0.2) is 0 Å². The Hall–Kier alpha value is 0.230. The molecule has 0 rings (SSSR count). The molecule has 0 aromatic heterocycles. The van der Waals surface area contributed by atoms with Crippen LogP contribution in [0.4, 0.5) is 0 Å². The van der Waals surface area contributed by atoms with Crippen molar-refractivity contribution in [2.45, 2.75) is 53.0 Å². The van der Waals surface area contributed by atoms with Crippen molar-refractivity contribution in [1.82, 2.24) is 16.0 Å². The molecule has 0 bridgehead atoms. The smallest absolute Gasteiger partial charge is 0.0552 e. The summed E-state index contributed by atoms with van der Waals surface area (Å²) in [5.74, 6) is 2.63. The second kappa shape index (κ2) is 11.1. The van der Waals surface area contributed by atoms with E-state index in [0.29, 0.717) is 12.1 Å². The fourth-order valence-electron chi connectivity index (χ4n) is 1.60. The molecule has 0 saturated carbocycles. The molecule has 0 fully saturated rings. The van der Waals surface area contributed by atoms with E-state index in [0.717, 1.165) is 30.9 Å². The van der Waals surface area contributed by atoms with Crippen LogP contribution in [-0.4, -0.2) is 36.9 Å². The molecule has 110 valence electrons. The van der Waals surface area contributed by atoms with Gasteiger partial charge in [0, 0.05) is 11.9 Å². The third-order valence-electron chi connectivity index (χ3n) is 3.06. The van der Waals surface area contributed by atoms with Gasteiger partial charge in [0.2, 0.25) is 0 Å². The molecule has 0 aromatic carbocycles. The van der Waals surface area contributed by atoms with Crippen molar-refractivity contribution in [3.63, 3.8) is 0 Å². The Bertz CT molecular complexity index is 188. The topological polar surface area (TPSA) is 36.1 Å². The maximum absolute atomic E-state index is 3.48. The molecule has 4 heteroatoms. The number of hydrogen-bond acceptors (Lipinski definition) is 4. The van der Waals surface area contributed by atoms with Crippen molar-refractivity contribution in [2.24, 2.45) is 11.8 Å². The van der Waals surface area contributed by atoms with Crippen LogP contribution < -0.4 is 16.0 Å². The molecule has 0 spiro atoms. The predicted molar refractivity (Wildman–Crippen MR) is 85.1 cm³/mol. The SMILES string of the molecule is CCSC(C)C(C)CNCNC(C)NCC(C)C. The minimum Gasteiger partial charge on any atom is -0.304 e. The first-order chi connectivity index (χ1) is 8.47. The summed E-state index contributed by atoms with van der Waals surface area (Å²) in [6, 6.07) is 0. The van der Waals surface area contributed by atoms with Crippen molar-refractivity contribution >= 4 is 11.8 Å². The van der Waals surface area contributed by atoms with E-state index in [4.69, 9.17) is 0 Å². The monoisotopic (exact) mass is 275 g/mol. The minimum absolute atomic E-state index is 0.373. The standard InChI is InChI=1S/C14H33N3S/c1-7-18-13(5)12(4)9-15-10-17-14(6)16-8-11(2)3/h11-17H,7-10H2,1-6H3. The number of thioether (sulfide) groups is 1. The van der Waals surface area contributed by atoms with E-state index >= 15 is 0 Å². The van der Waals surface area contributed by atoms with Crippen LogP contribution in [0.3, 0.4) is 0 Å². The summed E-state index contributed by atoms with van der Waals surface area (Å²) in [7, 11) is 0. The molecule has 0 saturated heterocycles. The molecule has 18 heavy (non-hydrogen) atoms. The second-order valence-corrected chi connectivity index (χ2v) is 7.15. The first-order valence-electron chi connectivity index (χ1n) is 7.26. The van der Waals surface area contributed by atoms with Crippen molar-refractivity contribution in [2.75, 3.05) is 25.5 Å². The quantitative estimate of drug-likeness (QED) is 0.400. The van der Waals surface area contributed by atoms with E-state index in [2.05, 4.69) is 57.5 Å². The lowest BCUT2D eigenvalue weighted by Gasteiger charge is -2.21. The van der Waals surface area contributed by atoms with E-state index in [1.54, 1.807) is 0 Å². The van der Waals surface area contributed by atoms with E-state index in [9.17, 15) is 0 Å². The van der Waals surface area contributed by atoms with Gasteiger partial charge in [0.1, 0.15) is 0 Å². The van der Waals surface area contributed by atoms with Gasteiger partial charge in [0.25, 0.3) is 0 Å². The molecule has 0 aliphatic rings. The maximum Gasteiger partial charge on any atom is 0.0552 e. The Morgan fingerprint density at radius 1 is 0.944 bits per heavy atom. The highest BCUT2D eigenvalue weighted by Gasteiger charge is 2.11. The minimum atomic E-state index is 0.373. The molecule has 0 radical (unpaired) electrons. The van der Waals surface area contributed by atoms with Crippen molar-refractivity contribution in [1.29, 1.82) is 0 Å². The highest BCUT2D eigenvalue weighted by Crippen LogP contribution is 2.17. The maximum atomic E-state index is 3.48. The average Bonchev–Trinajstić information content (AvgIpc) is 2.32. The van der Waals surface area contributed by atoms with E-state index < -0.39 is 0 Å². The van der Waals surface area contributed by atoms with Crippen LogP contribution in [0.25, 0.3) is 0 Å². The highest BCUT2D eigenvalue weighted by molar-refractivity contribution is 7.99. The summed E-state index contributed by atoms with van der Waals surface area (Å²) in [5, 5.41) is 11.1. The first-order valence-corrected chi connectivity index (χ1v) is 8.31. The third-order valence-corrected chi connectivity index (χ3v) is 4.39. The molecule has 3 nitrogen and oxygen atoms in total. The van der Waals surface area contributed by atoms with Gasteiger partial charge in [-0.05, 0) is 37.6 Å². The third kappa shape index (κ3) is 10.2. The Balaban J connectivity index is 3.48. The zero-order chi connectivity index (χ0) is 14.0. The summed E-state index contributed by atoms with van der Waals surface area (Å²) in [6.45, 7) is 16.5. The molecule has 0 heterocycles. The van der Waals surface area contributed by atoms with Gasteiger partial charge in [0.15, 0.2) is 0 Å². The molecular weight excluding hydrogens is 242 g/mol. The van der Waals surface area contributed by atoms with Crippen LogP contribution in [0.2, 0.25) is 0 Å². The van der Waals surface area contributed by atoms with Crippen LogP contribution in [-0.2, 0) is 0 Å². The first kappa shape index (κ1) is 18.2. The second-order valence-electron chi connectivity index (χ2n) is 5.50. The normalized spacial score (nSPS) is 16.8. The Morgan fingerprint density at radius 2 is 1.61 bits per heavy atom. The number of hydrogen-bond donors (Lipinski definition) is 3. The molecule has 3 unspecified atom stereocenters. The summed E-state index contributed by atoms with van der Waals surface area (Å²) >= 11 is 2.04. The van der Waals surface area contributed by atoms with Crippen LogP contribution in [0.1, 0.15) is 41.5 Å². The average molecular weight is 276 g/mol. The Kier molecular flexibility index (Phi) is 11.2. The van der Waals surface area contributed by atoms with Crippen LogP contribution >= 0.6 is 11.8 Å². The van der Waals surface area contributed by atoms with Gasteiger partial charge in [-0.3, -0.25) is 5.32 Å². The Labute approximate surface area is 118 Å². The molecular formula is C14H33N3S. The molecule has 3 atom stereocenters. The van der Waals surface area contributed by atoms with Gasteiger partial charge in [0.05, 0.1) is 6.17 Å². The van der Waals surface area contributed by atoms with E-state index in [1.807, 2.05) is 11.8 Å². The van der Waals surface area contributed by atoms with Gasteiger partial charge < -0.3 is 10.6 Å². The molecule has 0 amide bonds. The van der Waals surface area contributed by atoms with Gasteiger partial charge in [-0.25, -0.2) is 0 Å². The Morgan fingerprint density at radius 3 is 2.17 bits per heavy atom. The zero-order valence-electron chi connectivity index (χ0n) is 13.0. The largest absolute Gasteiger partial charge is 0.304 e. The molecule has 3 N–H and O–H groups in total.